The summed E-state index contributed by atoms with van der Waals surface area (Å²) in [5.74, 6) is -2.27. The second-order valence-corrected chi connectivity index (χ2v) is 8.45. The number of nitrogens with two attached hydrogens (primary N) is 1. The first kappa shape index (κ1) is 30.4. The first-order valence-electron chi connectivity index (χ1n) is 11.0. The molecule has 12 nitrogen and oxygen atoms in total. The number of halogens is 1. The van der Waals surface area contributed by atoms with Crippen molar-refractivity contribution < 1.29 is 44.0 Å². The normalized spacial score (nSPS) is 10.8. The number of aliphatic hydroxyl groups excluding tert-OH is 3. The number of aromatic carboxylic acids is 1. The molecule has 0 unspecified atom stereocenters. The van der Waals surface area contributed by atoms with E-state index in [9.17, 15) is 19.5 Å². The first-order chi connectivity index (χ1) is 18.1. The van der Waals surface area contributed by atoms with Gasteiger partial charge in [-0.3, -0.25) is 9.59 Å². The molecule has 3 aromatic rings. The summed E-state index contributed by atoms with van der Waals surface area (Å²) in [5.41, 5.74) is 6.19. The fraction of sp³-hybridized carbons (Fsp3) is 0.240. The number of carboxylic acid groups (broad SMARTS) is 1. The minimum absolute atomic E-state index is 0.0843. The van der Waals surface area contributed by atoms with Gasteiger partial charge < -0.3 is 45.9 Å². The molecule has 38 heavy (non-hydrogen) atoms. The van der Waals surface area contributed by atoms with E-state index < -0.39 is 49.8 Å². The Labute approximate surface area is 222 Å². The number of amides is 2. The molecule has 0 bridgehead atoms. The van der Waals surface area contributed by atoms with Gasteiger partial charge in [0.1, 0.15) is 13.2 Å². The minimum atomic E-state index is -1.23. The van der Waals surface area contributed by atoms with Gasteiger partial charge >= 0.3 is 5.97 Å². The van der Waals surface area contributed by atoms with E-state index in [4.69, 9.17) is 41.8 Å². The van der Waals surface area contributed by atoms with Crippen molar-refractivity contribution in [2.24, 2.45) is 5.73 Å². The maximum absolute atomic E-state index is 12.1. The van der Waals surface area contributed by atoms with Crippen LogP contribution in [0.5, 0.6) is 0 Å². The van der Waals surface area contributed by atoms with E-state index in [1.807, 2.05) is 6.07 Å². The Morgan fingerprint density at radius 3 is 2.13 bits per heavy atom. The molecular formula is C25H28ClN3O9. The van der Waals surface area contributed by atoms with Gasteiger partial charge in [-0.25, -0.2) is 4.79 Å². The molecule has 0 aliphatic heterocycles. The number of anilines is 2. The molecule has 0 saturated heterocycles. The highest BCUT2D eigenvalue weighted by molar-refractivity contribution is 6.31. The van der Waals surface area contributed by atoms with Crippen LogP contribution in [0.25, 0.3) is 11.1 Å². The molecule has 0 atom stereocenters. The van der Waals surface area contributed by atoms with Crippen molar-refractivity contribution in [2.75, 3.05) is 43.7 Å². The maximum atomic E-state index is 12.1. The molecule has 1 aromatic heterocycles. The van der Waals surface area contributed by atoms with Gasteiger partial charge in [0.25, 0.3) is 0 Å². The van der Waals surface area contributed by atoms with Crippen LogP contribution in [0.4, 0.5) is 11.4 Å². The molecule has 0 aliphatic carbocycles. The molecule has 0 radical (unpaired) electrons. The third-order valence-electron chi connectivity index (χ3n) is 4.90. The van der Waals surface area contributed by atoms with E-state index in [0.717, 1.165) is 11.1 Å². The average molecular weight is 550 g/mol. The topological polar surface area (TPSA) is 205 Å². The Kier molecular flexibility index (Phi) is 11.9. The molecule has 204 valence electrons. The SMILES string of the molecule is NC(CO)(CO)CO.O=C(COCC(=O)Nc1ccc(Cl)cc1C(=O)O)Nc1cccc(-c2ccoc2)c1. The summed E-state index contributed by atoms with van der Waals surface area (Å²) in [6, 6.07) is 13.0. The second kappa shape index (κ2) is 14.8. The van der Waals surface area contributed by atoms with Crippen LogP contribution in [0.15, 0.2) is 65.5 Å². The number of rotatable bonds is 11. The third-order valence-corrected chi connectivity index (χ3v) is 5.13. The summed E-state index contributed by atoms with van der Waals surface area (Å²) in [7, 11) is 0. The lowest BCUT2D eigenvalue weighted by Crippen LogP contribution is -2.50. The van der Waals surface area contributed by atoms with Gasteiger partial charge in [0, 0.05) is 16.3 Å². The van der Waals surface area contributed by atoms with Gasteiger partial charge in [-0.2, -0.15) is 0 Å². The average Bonchev–Trinajstić information content (AvgIpc) is 3.45. The van der Waals surface area contributed by atoms with Crippen molar-refractivity contribution in [3.05, 3.63) is 71.6 Å². The zero-order chi connectivity index (χ0) is 28.1. The molecule has 3 rings (SSSR count). The van der Waals surface area contributed by atoms with Crippen molar-refractivity contribution in [2.45, 2.75) is 5.54 Å². The maximum Gasteiger partial charge on any atom is 0.337 e. The number of furan rings is 1. The summed E-state index contributed by atoms with van der Waals surface area (Å²) in [6.45, 7) is -1.99. The van der Waals surface area contributed by atoms with E-state index >= 15 is 0 Å². The van der Waals surface area contributed by atoms with Gasteiger partial charge in [0.15, 0.2) is 0 Å². The van der Waals surface area contributed by atoms with E-state index in [1.54, 1.807) is 36.8 Å². The fourth-order valence-electron chi connectivity index (χ4n) is 2.78. The smallest absolute Gasteiger partial charge is 0.337 e. The number of ether oxygens (including phenoxy) is 1. The van der Waals surface area contributed by atoms with Gasteiger partial charge in [0.2, 0.25) is 11.8 Å². The number of carbonyl (C=O) groups is 3. The fourth-order valence-corrected chi connectivity index (χ4v) is 2.95. The molecule has 0 saturated carbocycles. The quantitative estimate of drug-likeness (QED) is 0.184. The van der Waals surface area contributed by atoms with E-state index in [2.05, 4.69) is 10.6 Å². The van der Waals surface area contributed by atoms with Gasteiger partial charge in [-0.05, 0) is 42.0 Å². The number of aliphatic hydroxyl groups is 3. The number of carbonyl (C=O) groups excluding carboxylic acids is 2. The molecule has 1 heterocycles. The number of benzene rings is 2. The van der Waals surface area contributed by atoms with Crippen molar-refractivity contribution in [3.8, 4) is 11.1 Å². The Balaban J connectivity index is 0.000000550. The van der Waals surface area contributed by atoms with Gasteiger partial charge in [-0.15, -0.1) is 0 Å². The number of hydrogen-bond acceptors (Lipinski definition) is 9. The van der Waals surface area contributed by atoms with Crippen LogP contribution < -0.4 is 16.4 Å². The Morgan fingerprint density at radius 2 is 1.58 bits per heavy atom. The van der Waals surface area contributed by atoms with Gasteiger partial charge in [-0.1, -0.05) is 23.7 Å². The third kappa shape index (κ3) is 9.59. The van der Waals surface area contributed by atoms with Crippen LogP contribution in [-0.4, -0.2) is 76.8 Å². The highest BCUT2D eigenvalue weighted by Gasteiger charge is 2.20. The molecule has 2 amide bonds. The molecular weight excluding hydrogens is 522 g/mol. The number of carboxylic acids is 1. The molecule has 2 aromatic carbocycles. The number of hydrogen-bond donors (Lipinski definition) is 7. The summed E-state index contributed by atoms with van der Waals surface area (Å²) in [4.78, 5) is 35.3. The van der Waals surface area contributed by atoms with Gasteiger partial charge in [0.05, 0.1) is 49.1 Å². The molecule has 8 N–H and O–H groups in total. The van der Waals surface area contributed by atoms with E-state index in [-0.39, 0.29) is 22.9 Å². The lowest BCUT2D eigenvalue weighted by Gasteiger charge is -2.20. The zero-order valence-corrected chi connectivity index (χ0v) is 20.9. The van der Waals surface area contributed by atoms with Crippen LogP contribution in [-0.2, 0) is 14.3 Å². The van der Waals surface area contributed by atoms with Crippen LogP contribution in [0.1, 0.15) is 10.4 Å². The monoisotopic (exact) mass is 549 g/mol. The van der Waals surface area contributed by atoms with Crippen LogP contribution in [0, 0.1) is 0 Å². The molecule has 0 spiro atoms. The summed E-state index contributed by atoms with van der Waals surface area (Å²) < 4.78 is 10.2. The van der Waals surface area contributed by atoms with Crippen LogP contribution >= 0.6 is 11.6 Å². The summed E-state index contributed by atoms with van der Waals surface area (Å²) in [6.07, 6.45) is 3.15. The predicted octanol–water partition coefficient (Wildman–Crippen LogP) is 1.55. The molecule has 0 fully saturated rings. The Bertz CT molecular complexity index is 1210. The molecule has 0 aliphatic rings. The lowest BCUT2D eigenvalue weighted by atomic mass is 10.1. The molecule has 13 heteroatoms. The minimum Gasteiger partial charge on any atom is -0.478 e. The van der Waals surface area contributed by atoms with Crippen molar-refractivity contribution >= 4 is 40.8 Å². The van der Waals surface area contributed by atoms with Crippen LogP contribution in [0.2, 0.25) is 5.02 Å². The van der Waals surface area contributed by atoms with Crippen molar-refractivity contribution in [1.82, 2.24) is 0 Å². The summed E-state index contributed by atoms with van der Waals surface area (Å²) in [5, 5.41) is 39.5. The highest BCUT2D eigenvalue weighted by atomic mass is 35.5. The highest BCUT2D eigenvalue weighted by Crippen LogP contribution is 2.23. The largest absolute Gasteiger partial charge is 0.478 e. The first-order valence-corrected chi connectivity index (χ1v) is 11.4. The predicted molar refractivity (Wildman–Crippen MR) is 139 cm³/mol. The zero-order valence-electron chi connectivity index (χ0n) is 20.1. The van der Waals surface area contributed by atoms with Crippen molar-refractivity contribution in [1.29, 1.82) is 0 Å². The lowest BCUT2D eigenvalue weighted by molar-refractivity contribution is -0.125. The van der Waals surface area contributed by atoms with E-state index in [1.165, 1.54) is 18.2 Å². The second-order valence-electron chi connectivity index (χ2n) is 8.01. The van der Waals surface area contributed by atoms with E-state index in [0.29, 0.717) is 5.69 Å². The Hall–Kier alpha value is -3.78. The Morgan fingerprint density at radius 1 is 0.921 bits per heavy atom. The number of nitrogens with one attached hydrogen (secondary N) is 2. The van der Waals surface area contributed by atoms with Crippen molar-refractivity contribution in [3.63, 3.8) is 0 Å². The summed E-state index contributed by atoms with van der Waals surface area (Å²) >= 11 is 5.77. The van der Waals surface area contributed by atoms with Crippen LogP contribution in [0.3, 0.4) is 0 Å². The standard InChI is InChI=1S/C21H17ClN2O6.C4H11NO3/c22-15-4-5-18(17(9-15)21(27)28)24-20(26)12-30-11-19(25)23-16-3-1-2-13(8-16)14-6-7-29-10-14;5-4(1-6,2-7)3-8/h1-10H,11-12H2,(H,23,25)(H,24,26)(H,27,28);6-8H,1-3,5H2.